The average Bonchev–Trinajstić information content (AvgIpc) is 3.73. The summed E-state index contributed by atoms with van der Waals surface area (Å²) in [5, 5.41) is 0. The van der Waals surface area contributed by atoms with E-state index in [1.165, 1.54) is 77.0 Å². The zero-order valence-corrected chi connectivity index (χ0v) is 33.9. The van der Waals surface area contributed by atoms with Gasteiger partial charge in [-0.3, -0.25) is 9.80 Å². The molecule has 14 atom stereocenters. The molecule has 2 aliphatic heterocycles. The Morgan fingerprint density at radius 3 is 0.923 bits per heavy atom. The maximum atomic E-state index is 3.30. The molecule has 0 amide bonds. The zero-order chi connectivity index (χ0) is 34.2. The summed E-state index contributed by atoms with van der Waals surface area (Å²) in [6, 6.07) is 5.84. The molecule has 0 aromatic carbocycles. The molecular formula is C50H82N2. The summed E-state index contributed by atoms with van der Waals surface area (Å²) in [5.74, 6) is 13.1. The molecule has 9 saturated carbocycles. The molecule has 0 aromatic heterocycles. The van der Waals surface area contributed by atoms with Crippen molar-refractivity contribution in [3.63, 3.8) is 0 Å². The molecular weight excluding hydrogens is 629 g/mol. The lowest BCUT2D eigenvalue weighted by Crippen LogP contribution is -2.55. The van der Waals surface area contributed by atoms with Crippen LogP contribution < -0.4 is 0 Å². The Balaban J connectivity index is 0.856. The fourth-order valence-electron chi connectivity index (χ4n) is 19.5. The zero-order valence-electron chi connectivity index (χ0n) is 33.9. The van der Waals surface area contributed by atoms with Gasteiger partial charge in [0.15, 0.2) is 0 Å². The third kappa shape index (κ3) is 5.93. The van der Waals surface area contributed by atoms with Crippen molar-refractivity contribution < 1.29 is 0 Å². The maximum Gasteiger partial charge on any atom is 0.0133 e. The van der Waals surface area contributed by atoms with Crippen LogP contribution in [-0.2, 0) is 0 Å². The van der Waals surface area contributed by atoms with Gasteiger partial charge < -0.3 is 0 Å². The highest BCUT2D eigenvalue weighted by molar-refractivity contribution is 5.12. The van der Waals surface area contributed by atoms with E-state index in [4.69, 9.17) is 0 Å². The van der Waals surface area contributed by atoms with Crippen LogP contribution in [-0.4, -0.2) is 46.1 Å². The second kappa shape index (κ2) is 15.0. The Morgan fingerprint density at radius 1 is 0.231 bits per heavy atom. The molecule has 11 aliphatic rings. The first-order chi connectivity index (χ1) is 25.8. The van der Waals surface area contributed by atoms with Crippen molar-refractivity contribution in [3.05, 3.63) is 0 Å². The van der Waals surface area contributed by atoms with Crippen molar-refractivity contribution in [2.45, 2.75) is 242 Å². The predicted molar refractivity (Wildman–Crippen MR) is 216 cm³/mol. The minimum atomic E-state index is 0.959. The first kappa shape index (κ1) is 35.1. The smallest absolute Gasteiger partial charge is 0.0133 e. The van der Waals surface area contributed by atoms with Crippen LogP contribution >= 0.6 is 0 Å². The summed E-state index contributed by atoms with van der Waals surface area (Å²) in [5.41, 5.74) is 0. The molecule has 0 aromatic rings. The van der Waals surface area contributed by atoms with Crippen LogP contribution in [0.1, 0.15) is 205 Å². The van der Waals surface area contributed by atoms with Gasteiger partial charge >= 0.3 is 0 Å². The molecule has 0 bridgehead atoms. The highest BCUT2D eigenvalue weighted by Gasteiger charge is 2.60. The van der Waals surface area contributed by atoms with Crippen LogP contribution in [0.3, 0.4) is 0 Å². The molecule has 52 heavy (non-hydrogen) atoms. The van der Waals surface area contributed by atoms with Gasteiger partial charge in [0.2, 0.25) is 0 Å². The Kier molecular flexibility index (Phi) is 10.1. The van der Waals surface area contributed by atoms with E-state index in [9.17, 15) is 0 Å². The topological polar surface area (TPSA) is 6.48 Å². The number of hydrogen-bond acceptors (Lipinski definition) is 2. The van der Waals surface area contributed by atoms with Crippen molar-refractivity contribution >= 4 is 0 Å². The van der Waals surface area contributed by atoms with Gasteiger partial charge in [-0.05, 0) is 187 Å². The number of hydrogen-bond donors (Lipinski definition) is 0. The van der Waals surface area contributed by atoms with Crippen molar-refractivity contribution in [3.8, 4) is 0 Å². The third-order valence-electron chi connectivity index (χ3n) is 20.8. The Bertz CT molecular complexity index is 1080. The van der Waals surface area contributed by atoms with Crippen LogP contribution in [0.15, 0.2) is 0 Å². The lowest BCUT2D eigenvalue weighted by molar-refractivity contribution is -0.121. The van der Waals surface area contributed by atoms with Crippen LogP contribution in [0.5, 0.6) is 0 Å². The first-order valence-corrected chi connectivity index (χ1v) is 25.4. The van der Waals surface area contributed by atoms with Crippen molar-refractivity contribution in [2.75, 3.05) is 0 Å². The monoisotopic (exact) mass is 711 g/mol. The molecule has 2 heterocycles. The summed E-state index contributed by atoms with van der Waals surface area (Å²) >= 11 is 0. The maximum absolute atomic E-state index is 3.30. The van der Waals surface area contributed by atoms with Gasteiger partial charge in [0.1, 0.15) is 0 Å². The Labute approximate surface area is 321 Å². The van der Waals surface area contributed by atoms with Crippen LogP contribution in [0.2, 0.25) is 0 Å². The van der Waals surface area contributed by atoms with E-state index in [0.29, 0.717) is 0 Å². The molecule has 11 fully saturated rings. The third-order valence-corrected chi connectivity index (χ3v) is 20.8. The van der Waals surface area contributed by atoms with Gasteiger partial charge in [0.05, 0.1) is 0 Å². The molecule has 0 N–H and O–H groups in total. The van der Waals surface area contributed by atoms with Crippen LogP contribution in [0.4, 0.5) is 0 Å². The number of nitrogens with zero attached hydrogens (tertiary/aromatic N) is 2. The molecule has 292 valence electrons. The first-order valence-electron chi connectivity index (χ1n) is 25.4. The minimum Gasteiger partial charge on any atom is -0.294 e. The molecule has 9 aliphatic carbocycles. The van der Waals surface area contributed by atoms with Gasteiger partial charge in [-0.25, -0.2) is 0 Å². The molecule has 2 saturated heterocycles. The molecule has 0 spiro atoms. The lowest BCUT2D eigenvalue weighted by Gasteiger charge is -2.61. The van der Waals surface area contributed by atoms with Crippen molar-refractivity contribution in [1.82, 2.24) is 9.80 Å². The summed E-state index contributed by atoms with van der Waals surface area (Å²) in [7, 11) is 0. The highest BCUT2D eigenvalue weighted by Crippen LogP contribution is 2.65. The molecule has 2 nitrogen and oxygen atoms in total. The summed E-state index contributed by atoms with van der Waals surface area (Å²) in [6.07, 6.45) is 50.4. The molecule has 11 rings (SSSR count). The Hall–Kier alpha value is -0.0800. The number of likely N-dealkylation sites (tertiary alicyclic amines) is 2. The van der Waals surface area contributed by atoms with Gasteiger partial charge in [0.25, 0.3) is 0 Å². The fraction of sp³-hybridized carbons (Fsp3) is 1.00. The van der Waals surface area contributed by atoms with Gasteiger partial charge in [-0.1, -0.05) is 89.9 Å². The van der Waals surface area contributed by atoms with E-state index in [1.54, 1.807) is 128 Å². The Morgan fingerprint density at radius 2 is 0.538 bits per heavy atom. The largest absolute Gasteiger partial charge is 0.294 e. The van der Waals surface area contributed by atoms with Gasteiger partial charge in [-0.2, -0.15) is 0 Å². The van der Waals surface area contributed by atoms with E-state index >= 15 is 0 Å². The number of fused-ring (bicyclic) bond motifs is 8. The van der Waals surface area contributed by atoms with E-state index in [0.717, 1.165) is 107 Å². The molecule has 0 radical (unpaired) electrons. The standard InChI is InChI=1S/C50H82N2/c1-3-15-35(16-4-1)51-45-25-13-11-19-37(45)43-31-33(27-29-47(43)51)49-39-21-7-9-23-41(39)50(42-24-10-8-22-40(42)49)34-28-30-48-44(32-34)38-20-12-14-26-46(38)52(48)36-17-5-2-6-18-36/h33-50H,1-32H2. The van der Waals surface area contributed by atoms with Crippen molar-refractivity contribution in [1.29, 1.82) is 0 Å². The number of rotatable bonds is 4. The quantitative estimate of drug-likeness (QED) is 0.287. The molecule has 14 unspecified atom stereocenters. The van der Waals surface area contributed by atoms with E-state index in [1.807, 2.05) is 0 Å². The van der Waals surface area contributed by atoms with Gasteiger partial charge in [-0.15, -0.1) is 0 Å². The van der Waals surface area contributed by atoms with Crippen LogP contribution in [0, 0.1) is 71.0 Å². The SMILES string of the molecule is C1CCC(N2C3CCCCC3C3CC(C4C5CCCCC5C(C5CCC6C(C5)C5CCCCC5N6C5CCCCC5)C5CCCCC54)CCC32)CC1. The lowest BCUT2D eigenvalue weighted by atomic mass is 9.44. The second-order valence-corrected chi connectivity index (χ2v) is 22.5. The van der Waals surface area contributed by atoms with Gasteiger partial charge in [0, 0.05) is 36.3 Å². The highest BCUT2D eigenvalue weighted by atomic mass is 15.3. The normalized spacial score (nSPS) is 52.2. The van der Waals surface area contributed by atoms with Crippen molar-refractivity contribution in [2.24, 2.45) is 71.0 Å². The molecule has 2 heteroatoms. The van der Waals surface area contributed by atoms with E-state index < -0.39 is 0 Å². The minimum absolute atomic E-state index is 0.959. The van der Waals surface area contributed by atoms with E-state index in [-0.39, 0.29) is 0 Å². The summed E-state index contributed by atoms with van der Waals surface area (Å²) in [4.78, 5) is 6.61. The van der Waals surface area contributed by atoms with Crippen LogP contribution in [0.25, 0.3) is 0 Å². The van der Waals surface area contributed by atoms with E-state index in [2.05, 4.69) is 9.80 Å². The summed E-state index contributed by atoms with van der Waals surface area (Å²) < 4.78 is 0. The summed E-state index contributed by atoms with van der Waals surface area (Å²) in [6.45, 7) is 0. The average molecular weight is 711 g/mol. The fourth-order valence-corrected chi connectivity index (χ4v) is 19.5. The second-order valence-electron chi connectivity index (χ2n) is 22.5. The predicted octanol–water partition coefficient (Wildman–Crippen LogP) is 12.8.